The number of carbonyl (C=O) groups excluding carboxylic acids is 1. The van der Waals surface area contributed by atoms with Gasteiger partial charge >= 0.3 is 0 Å². The fourth-order valence-electron chi connectivity index (χ4n) is 2.69. The van der Waals surface area contributed by atoms with E-state index in [9.17, 15) is 4.79 Å². The number of nitrogens with zero attached hydrogens (tertiary/aromatic N) is 2. The quantitative estimate of drug-likeness (QED) is 0.665. The highest BCUT2D eigenvalue weighted by molar-refractivity contribution is 7.16. The van der Waals surface area contributed by atoms with Crippen LogP contribution in [-0.2, 0) is 6.54 Å². The molecule has 132 valence electrons. The predicted octanol–water partition coefficient (Wildman–Crippen LogP) is 3.40. The first kappa shape index (κ1) is 17.8. The molecule has 1 heterocycles. The number of fused-ring (bicyclic) bond motifs is 1. The zero-order valence-corrected chi connectivity index (χ0v) is 15.6. The predicted molar refractivity (Wildman–Crippen MR) is 103 cm³/mol. The Labute approximate surface area is 155 Å². The minimum absolute atomic E-state index is 0.292. The van der Waals surface area contributed by atoms with E-state index in [1.54, 1.807) is 20.3 Å². The summed E-state index contributed by atoms with van der Waals surface area (Å²) >= 11 is 1.39. The van der Waals surface area contributed by atoms with Crippen LogP contribution in [0.3, 0.4) is 0 Å². The highest BCUT2D eigenvalue weighted by atomic mass is 32.1. The van der Waals surface area contributed by atoms with Gasteiger partial charge in [-0.2, -0.15) is 4.99 Å². The summed E-state index contributed by atoms with van der Waals surface area (Å²) in [7, 11) is 3.16. The number of aryl methyl sites for hydroxylation is 1. The largest absolute Gasteiger partial charge is 0.493 e. The van der Waals surface area contributed by atoms with Gasteiger partial charge in [-0.15, -0.1) is 6.42 Å². The molecule has 0 aliphatic rings. The van der Waals surface area contributed by atoms with Crippen molar-refractivity contribution < 1.29 is 14.3 Å². The number of aromatic nitrogens is 1. The third-order valence-corrected chi connectivity index (χ3v) is 5.05. The lowest BCUT2D eigenvalue weighted by molar-refractivity contribution is 0.0997. The topological polar surface area (TPSA) is 52.8 Å². The molecule has 1 aromatic heterocycles. The Morgan fingerprint density at radius 2 is 1.92 bits per heavy atom. The Morgan fingerprint density at radius 1 is 1.23 bits per heavy atom. The maximum absolute atomic E-state index is 12.6. The number of methoxy groups -OCH3 is 2. The normalized spacial score (nSPS) is 11.4. The van der Waals surface area contributed by atoms with Gasteiger partial charge in [-0.25, -0.2) is 0 Å². The fraction of sp³-hybridized carbons (Fsp3) is 0.200. The van der Waals surface area contributed by atoms with Crippen LogP contribution in [0.1, 0.15) is 15.9 Å². The van der Waals surface area contributed by atoms with Crippen LogP contribution in [0.25, 0.3) is 10.2 Å². The van der Waals surface area contributed by atoms with E-state index >= 15 is 0 Å². The zero-order valence-electron chi connectivity index (χ0n) is 14.8. The van der Waals surface area contributed by atoms with E-state index in [-0.39, 0.29) is 5.91 Å². The summed E-state index contributed by atoms with van der Waals surface area (Å²) in [5.41, 5.74) is 2.31. The lowest BCUT2D eigenvalue weighted by atomic mass is 10.1. The van der Waals surface area contributed by atoms with Crippen LogP contribution in [0.4, 0.5) is 0 Å². The van der Waals surface area contributed by atoms with Gasteiger partial charge in [-0.1, -0.05) is 35.5 Å². The molecule has 0 N–H and O–H groups in total. The zero-order chi connectivity index (χ0) is 18.7. The standard InChI is InChI=1S/C20H18N2O3S/c1-5-10-22-15-11-16(24-3)17(25-4)12-18(15)26-20(22)21-19(23)14-9-7-6-8-13(14)2/h1,6-9,11-12H,10H2,2-4H3. The summed E-state index contributed by atoms with van der Waals surface area (Å²) in [5, 5.41) is 0. The van der Waals surface area contributed by atoms with Crippen LogP contribution in [-0.4, -0.2) is 24.7 Å². The van der Waals surface area contributed by atoms with Crippen LogP contribution in [0, 0.1) is 19.3 Å². The van der Waals surface area contributed by atoms with Gasteiger partial charge in [0.05, 0.1) is 31.0 Å². The van der Waals surface area contributed by atoms with Crippen LogP contribution in [0.15, 0.2) is 41.4 Å². The van der Waals surface area contributed by atoms with Gasteiger partial charge in [-0.3, -0.25) is 4.79 Å². The number of thiazole rings is 1. The molecular weight excluding hydrogens is 348 g/mol. The summed E-state index contributed by atoms with van der Waals surface area (Å²) in [6.45, 7) is 2.19. The first-order chi connectivity index (χ1) is 12.6. The average molecular weight is 366 g/mol. The van der Waals surface area contributed by atoms with E-state index in [2.05, 4.69) is 10.9 Å². The SMILES string of the molecule is C#CCn1c(=NC(=O)c2ccccc2C)sc2cc(OC)c(OC)cc21. The summed E-state index contributed by atoms with van der Waals surface area (Å²) in [4.78, 5) is 17.5. The van der Waals surface area contributed by atoms with Crippen molar-refractivity contribution in [2.24, 2.45) is 4.99 Å². The van der Waals surface area contributed by atoms with E-state index in [1.165, 1.54) is 11.3 Å². The monoisotopic (exact) mass is 366 g/mol. The Morgan fingerprint density at radius 3 is 2.58 bits per heavy atom. The van der Waals surface area contributed by atoms with E-state index < -0.39 is 0 Å². The number of terminal acetylenes is 1. The third kappa shape index (κ3) is 3.22. The molecule has 0 radical (unpaired) electrons. The van der Waals surface area contributed by atoms with E-state index in [0.717, 1.165) is 15.8 Å². The van der Waals surface area contributed by atoms with Crippen molar-refractivity contribution in [1.29, 1.82) is 0 Å². The number of carbonyl (C=O) groups is 1. The van der Waals surface area contributed by atoms with Gasteiger partial charge in [0, 0.05) is 17.7 Å². The van der Waals surface area contributed by atoms with Crippen molar-refractivity contribution in [2.75, 3.05) is 14.2 Å². The molecule has 0 aliphatic heterocycles. The molecule has 0 saturated heterocycles. The molecule has 0 bridgehead atoms. The second-order valence-electron chi connectivity index (χ2n) is 5.58. The molecule has 6 heteroatoms. The molecule has 0 fully saturated rings. The fourth-order valence-corrected chi connectivity index (χ4v) is 3.72. The Bertz CT molecular complexity index is 1090. The molecule has 3 aromatic rings. The van der Waals surface area contributed by atoms with Crippen LogP contribution >= 0.6 is 11.3 Å². The van der Waals surface area contributed by atoms with Crippen molar-refractivity contribution in [2.45, 2.75) is 13.5 Å². The summed E-state index contributed by atoms with van der Waals surface area (Å²) in [6.07, 6.45) is 5.52. The van der Waals surface area contributed by atoms with Gasteiger partial charge in [0.15, 0.2) is 16.3 Å². The van der Waals surface area contributed by atoms with Crippen LogP contribution in [0.5, 0.6) is 11.5 Å². The summed E-state index contributed by atoms with van der Waals surface area (Å²) < 4.78 is 13.5. The maximum Gasteiger partial charge on any atom is 0.279 e. The van der Waals surface area contributed by atoms with Crippen molar-refractivity contribution in [3.05, 3.63) is 52.3 Å². The molecule has 5 nitrogen and oxygen atoms in total. The molecule has 3 rings (SSSR count). The molecule has 0 saturated carbocycles. The van der Waals surface area contributed by atoms with Crippen molar-refractivity contribution in [3.63, 3.8) is 0 Å². The molecule has 1 amide bonds. The van der Waals surface area contributed by atoms with E-state index in [4.69, 9.17) is 15.9 Å². The second-order valence-corrected chi connectivity index (χ2v) is 6.59. The lowest BCUT2D eigenvalue weighted by Gasteiger charge is -2.08. The van der Waals surface area contributed by atoms with Gasteiger partial charge < -0.3 is 14.0 Å². The van der Waals surface area contributed by atoms with Crippen molar-refractivity contribution in [1.82, 2.24) is 4.57 Å². The Hall–Kier alpha value is -3.04. The Kier molecular flexibility index (Phi) is 5.10. The molecule has 2 aromatic carbocycles. The highest BCUT2D eigenvalue weighted by Gasteiger charge is 2.14. The number of ether oxygens (including phenoxy) is 2. The molecule has 0 aliphatic carbocycles. The molecule has 0 spiro atoms. The van der Waals surface area contributed by atoms with Gasteiger partial charge in [0.25, 0.3) is 5.91 Å². The number of rotatable bonds is 4. The first-order valence-corrected chi connectivity index (χ1v) is 8.74. The second kappa shape index (κ2) is 7.46. The number of benzene rings is 2. The van der Waals surface area contributed by atoms with Crippen molar-refractivity contribution >= 4 is 27.5 Å². The molecular formula is C20H18N2O3S. The minimum atomic E-state index is -0.292. The van der Waals surface area contributed by atoms with Gasteiger partial charge in [-0.05, 0) is 18.6 Å². The van der Waals surface area contributed by atoms with Crippen molar-refractivity contribution in [3.8, 4) is 23.8 Å². The Balaban J connectivity index is 2.22. The van der Waals surface area contributed by atoms with Crippen LogP contribution in [0.2, 0.25) is 0 Å². The smallest absolute Gasteiger partial charge is 0.279 e. The van der Waals surface area contributed by atoms with Gasteiger partial charge in [0.2, 0.25) is 0 Å². The number of amides is 1. The number of hydrogen-bond donors (Lipinski definition) is 0. The maximum atomic E-state index is 12.6. The minimum Gasteiger partial charge on any atom is -0.493 e. The first-order valence-electron chi connectivity index (χ1n) is 7.92. The van der Waals surface area contributed by atoms with E-state index in [0.29, 0.717) is 28.4 Å². The van der Waals surface area contributed by atoms with Crippen LogP contribution < -0.4 is 14.3 Å². The molecule has 0 atom stereocenters. The third-order valence-electron chi connectivity index (χ3n) is 4.01. The molecule has 0 unspecified atom stereocenters. The lowest BCUT2D eigenvalue weighted by Crippen LogP contribution is -2.16. The van der Waals surface area contributed by atoms with E-state index in [1.807, 2.05) is 41.8 Å². The van der Waals surface area contributed by atoms with Gasteiger partial charge in [0.1, 0.15) is 0 Å². The number of hydrogen-bond acceptors (Lipinski definition) is 4. The summed E-state index contributed by atoms with van der Waals surface area (Å²) in [5.74, 6) is 3.54. The highest BCUT2D eigenvalue weighted by Crippen LogP contribution is 2.33. The molecule has 26 heavy (non-hydrogen) atoms. The average Bonchev–Trinajstić information content (AvgIpc) is 2.97. The summed E-state index contributed by atoms with van der Waals surface area (Å²) in [6, 6.07) is 11.1.